The van der Waals surface area contributed by atoms with E-state index in [9.17, 15) is 4.79 Å². The van der Waals surface area contributed by atoms with Crippen LogP contribution in [0, 0.1) is 0 Å². The van der Waals surface area contributed by atoms with Gasteiger partial charge in [-0.2, -0.15) is 0 Å². The first-order valence-electron chi connectivity index (χ1n) is 6.23. The van der Waals surface area contributed by atoms with E-state index < -0.39 is 0 Å². The summed E-state index contributed by atoms with van der Waals surface area (Å²) in [5, 5.41) is 10.9. The van der Waals surface area contributed by atoms with Crippen LogP contribution in [-0.2, 0) is 0 Å². The SMILES string of the molecule is O=C(CCCN(CCO)C1CC1)c1cccs1. The number of hydrogen-bond donors (Lipinski definition) is 1. The van der Waals surface area contributed by atoms with E-state index in [1.165, 1.54) is 24.2 Å². The highest BCUT2D eigenvalue weighted by molar-refractivity contribution is 7.12. The van der Waals surface area contributed by atoms with Gasteiger partial charge in [-0.3, -0.25) is 9.69 Å². The molecule has 0 amide bonds. The molecule has 1 aromatic heterocycles. The molecule has 1 aromatic rings. The first-order valence-corrected chi connectivity index (χ1v) is 7.11. The van der Waals surface area contributed by atoms with Crippen LogP contribution >= 0.6 is 11.3 Å². The molecular formula is C13H19NO2S. The molecule has 0 saturated heterocycles. The number of nitrogens with zero attached hydrogens (tertiary/aromatic N) is 1. The molecule has 3 nitrogen and oxygen atoms in total. The molecule has 0 radical (unpaired) electrons. The molecule has 94 valence electrons. The molecule has 4 heteroatoms. The zero-order valence-electron chi connectivity index (χ0n) is 9.97. The summed E-state index contributed by atoms with van der Waals surface area (Å²) in [6, 6.07) is 4.47. The van der Waals surface area contributed by atoms with Crippen LogP contribution in [0.4, 0.5) is 0 Å². The van der Waals surface area contributed by atoms with E-state index in [0.29, 0.717) is 12.5 Å². The minimum absolute atomic E-state index is 0.218. The Bertz CT molecular complexity index is 346. The zero-order chi connectivity index (χ0) is 12.1. The third-order valence-corrected chi connectivity index (χ3v) is 4.01. The van der Waals surface area contributed by atoms with E-state index >= 15 is 0 Å². The molecular weight excluding hydrogens is 234 g/mol. The van der Waals surface area contributed by atoms with E-state index in [-0.39, 0.29) is 12.4 Å². The Labute approximate surface area is 106 Å². The molecule has 0 bridgehead atoms. The third kappa shape index (κ3) is 3.91. The summed E-state index contributed by atoms with van der Waals surface area (Å²) in [6.07, 6.45) is 4.01. The highest BCUT2D eigenvalue weighted by Crippen LogP contribution is 2.26. The van der Waals surface area contributed by atoms with Crippen LogP contribution in [0.25, 0.3) is 0 Å². The van der Waals surface area contributed by atoms with Crippen LogP contribution < -0.4 is 0 Å². The number of carbonyl (C=O) groups excluding carboxylic acids is 1. The summed E-state index contributed by atoms with van der Waals surface area (Å²) in [5.41, 5.74) is 0. The molecule has 1 aliphatic rings. The van der Waals surface area contributed by atoms with Gasteiger partial charge < -0.3 is 5.11 Å². The fourth-order valence-electron chi connectivity index (χ4n) is 2.05. The van der Waals surface area contributed by atoms with Crippen molar-refractivity contribution in [3.8, 4) is 0 Å². The lowest BCUT2D eigenvalue weighted by atomic mass is 10.2. The van der Waals surface area contributed by atoms with Gasteiger partial charge >= 0.3 is 0 Å². The lowest BCUT2D eigenvalue weighted by Crippen LogP contribution is -2.30. The lowest BCUT2D eigenvalue weighted by molar-refractivity contribution is 0.0976. The zero-order valence-corrected chi connectivity index (χ0v) is 10.8. The fraction of sp³-hybridized carbons (Fsp3) is 0.615. The van der Waals surface area contributed by atoms with Crippen molar-refractivity contribution >= 4 is 17.1 Å². The van der Waals surface area contributed by atoms with Gasteiger partial charge in [-0.1, -0.05) is 6.07 Å². The standard InChI is InChI=1S/C13H19NO2S/c15-9-8-14(11-5-6-11)7-1-3-12(16)13-4-2-10-17-13/h2,4,10-11,15H,1,3,5-9H2. The Kier molecular flexibility index (Phi) is 4.71. The van der Waals surface area contributed by atoms with Gasteiger partial charge in [0.25, 0.3) is 0 Å². The van der Waals surface area contributed by atoms with Gasteiger partial charge in [0.05, 0.1) is 11.5 Å². The number of aliphatic hydroxyl groups is 1. The van der Waals surface area contributed by atoms with Crippen molar-refractivity contribution in [2.24, 2.45) is 0 Å². The molecule has 17 heavy (non-hydrogen) atoms. The number of rotatable bonds is 8. The van der Waals surface area contributed by atoms with Gasteiger partial charge in [-0.05, 0) is 37.3 Å². The Morgan fingerprint density at radius 2 is 2.29 bits per heavy atom. The van der Waals surface area contributed by atoms with Crippen LogP contribution in [0.3, 0.4) is 0 Å². The van der Waals surface area contributed by atoms with Crippen LogP contribution in [0.15, 0.2) is 17.5 Å². The summed E-state index contributed by atoms with van der Waals surface area (Å²) < 4.78 is 0. The Balaban J connectivity index is 1.69. The van der Waals surface area contributed by atoms with Gasteiger partial charge in [-0.15, -0.1) is 11.3 Å². The maximum atomic E-state index is 11.8. The molecule has 0 atom stereocenters. The molecule has 2 rings (SSSR count). The van der Waals surface area contributed by atoms with E-state index in [2.05, 4.69) is 4.90 Å². The minimum Gasteiger partial charge on any atom is -0.395 e. The lowest BCUT2D eigenvalue weighted by Gasteiger charge is -2.20. The Hall–Kier alpha value is -0.710. The summed E-state index contributed by atoms with van der Waals surface area (Å²) >= 11 is 1.52. The Morgan fingerprint density at radius 3 is 2.88 bits per heavy atom. The topological polar surface area (TPSA) is 40.5 Å². The number of thiophene rings is 1. The second-order valence-corrected chi connectivity index (χ2v) is 5.44. The van der Waals surface area contributed by atoms with Crippen molar-refractivity contribution in [2.45, 2.75) is 31.7 Å². The normalized spacial score (nSPS) is 15.4. The van der Waals surface area contributed by atoms with Gasteiger partial charge in [0, 0.05) is 19.0 Å². The van der Waals surface area contributed by atoms with Crippen molar-refractivity contribution in [3.63, 3.8) is 0 Å². The molecule has 0 unspecified atom stereocenters. The van der Waals surface area contributed by atoms with Crippen LogP contribution in [0.5, 0.6) is 0 Å². The smallest absolute Gasteiger partial charge is 0.172 e. The summed E-state index contributed by atoms with van der Waals surface area (Å²) in [7, 11) is 0. The van der Waals surface area contributed by atoms with Crippen molar-refractivity contribution in [2.75, 3.05) is 19.7 Å². The number of carbonyl (C=O) groups is 1. The third-order valence-electron chi connectivity index (χ3n) is 3.10. The molecule has 0 spiro atoms. The first-order chi connectivity index (χ1) is 8.31. The van der Waals surface area contributed by atoms with Crippen molar-refractivity contribution in [1.29, 1.82) is 0 Å². The van der Waals surface area contributed by atoms with Crippen LogP contribution in [-0.4, -0.2) is 41.5 Å². The van der Waals surface area contributed by atoms with Crippen molar-refractivity contribution < 1.29 is 9.90 Å². The number of ketones is 1. The van der Waals surface area contributed by atoms with Gasteiger partial charge in [-0.25, -0.2) is 0 Å². The highest BCUT2D eigenvalue weighted by Gasteiger charge is 2.27. The second-order valence-electron chi connectivity index (χ2n) is 4.49. The largest absolute Gasteiger partial charge is 0.395 e. The second kappa shape index (κ2) is 6.28. The summed E-state index contributed by atoms with van der Waals surface area (Å²) in [5.74, 6) is 0.250. The van der Waals surface area contributed by atoms with Crippen molar-refractivity contribution in [3.05, 3.63) is 22.4 Å². The van der Waals surface area contributed by atoms with Crippen LogP contribution in [0.1, 0.15) is 35.4 Å². The van der Waals surface area contributed by atoms with E-state index in [1.807, 2.05) is 17.5 Å². The van der Waals surface area contributed by atoms with Gasteiger partial charge in [0.1, 0.15) is 0 Å². The molecule has 1 N–H and O–H groups in total. The molecule has 0 aromatic carbocycles. The average molecular weight is 253 g/mol. The number of hydrogen-bond acceptors (Lipinski definition) is 4. The molecule has 1 fully saturated rings. The molecule has 1 aliphatic carbocycles. The predicted molar refractivity (Wildman–Crippen MR) is 69.6 cm³/mol. The molecule has 1 saturated carbocycles. The average Bonchev–Trinajstić information content (AvgIpc) is 3.02. The van der Waals surface area contributed by atoms with E-state index in [0.717, 1.165) is 24.4 Å². The maximum absolute atomic E-state index is 11.8. The summed E-state index contributed by atoms with van der Waals surface area (Å²) in [4.78, 5) is 14.9. The maximum Gasteiger partial charge on any atom is 0.172 e. The fourth-order valence-corrected chi connectivity index (χ4v) is 2.74. The number of aliphatic hydroxyl groups excluding tert-OH is 1. The van der Waals surface area contributed by atoms with Gasteiger partial charge in [0.15, 0.2) is 5.78 Å². The van der Waals surface area contributed by atoms with E-state index in [4.69, 9.17) is 5.11 Å². The first kappa shape index (κ1) is 12.7. The molecule has 0 aliphatic heterocycles. The monoisotopic (exact) mass is 253 g/mol. The van der Waals surface area contributed by atoms with Crippen molar-refractivity contribution in [1.82, 2.24) is 4.90 Å². The minimum atomic E-state index is 0.218. The quantitative estimate of drug-likeness (QED) is 0.722. The highest BCUT2D eigenvalue weighted by atomic mass is 32.1. The van der Waals surface area contributed by atoms with E-state index in [1.54, 1.807) is 0 Å². The molecule has 1 heterocycles. The predicted octanol–water partition coefficient (Wildman–Crippen LogP) is 2.17. The van der Waals surface area contributed by atoms with Crippen LogP contribution in [0.2, 0.25) is 0 Å². The van der Waals surface area contributed by atoms with Gasteiger partial charge in [0.2, 0.25) is 0 Å². The Morgan fingerprint density at radius 1 is 1.47 bits per heavy atom. The summed E-state index contributed by atoms with van der Waals surface area (Å²) in [6.45, 7) is 1.90. The number of Topliss-reactive ketones (excluding diaryl/α,β-unsaturated/α-hetero) is 1.